The molecule has 11 nitrogen and oxygen atoms in total. The summed E-state index contributed by atoms with van der Waals surface area (Å²) < 4.78 is 32.7. The van der Waals surface area contributed by atoms with Crippen LogP contribution in [-0.2, 0) is 37.5 Å². The number of ether oxygens (including phenoxy) is 2. The molecule has 1 unspecified atom stereocenters. The first kappa shape index (κ1) is 59.4. The van der Waals surface area contributed by atoms with E-state index in [1.807, 2.05) is 6.08 Å². The highest BCUT2D eigenvalue weighted by atomic mass is 31.2. The standard InChI is InChI=1S/C50H90NO10P/c1-3-5-7-9-11-13-15-17-19-21-22-23-24-26-28-30-32-34-36-38-40-42-49(53)61-46(44-59-62(56,57)60-45-47(51)50(54)55)43-58-48(52)41-39-37-35-33-31-29-27-25-20-18-16-14-12-10-8-6-4-2/h17-20,27,29,33,35,46-47H,3-16,21-26,28,30-32,34,36-45,51H2,1-2H3,(H,54,55)(H,56,57)/b19-17+,20-18+,29-27+,35-33+/t46-,47+/m1/s1. The Bertz CT molecular complexity index is 1240. The molecule has 0 rings (SSSR count). The van der Waals surface area contributed by atoms with Crippen molar-refractivity contribution in [1.82, 2.24) is 0 Å². The van der Waals surface area contributed by atoms with Crippen molar-refractivity contribution in [2.24, 2.45) is 5.73 Å². The van der Waals surface area contributed by atoms with Crippen LogP contribution < -0.4 is 5.73 Å². The van der Waals surface area contributed by atoms with Crippen LogP contribution in [0.2, 0.25) is 0 Å². The van der Waals surface area contributed by atoms with Crippen molar-refractivity contribution in [2.45, 2.75) is 231 Å². The Hall–Kier alpha value is -2.56. The quantitative estimate of drug-likeness (QED) is 0.0230. The lowest BCUT2D eigenvalue weighted by molar-refractivity contribution is -0.161. The lowest BCUT2D eigenvalue weighted by Crippen LogP contribution is -2.34. The molecule has 0 aliphatic carbocycles. The minimum Gasteiger partial charge on any atom is -0.480 e. The zero-order valence-electron chi connectivity index (χ0n) is 39.2. The van der Waals surface area contributed by atoms with E-state index in [0.29, 0.717) is 19.3 Å². The first-order chi connectivity index (χ1) is 30.1. The Morgan fingerprint density at radius 3 is 1.34 bits per heavy atom. The third-order valence-corrected chi connectivity index (χ3v) is 11.5. The van der Waals surface area contributed by atoms with Crippen molar-refractivity contribution >= 4 is 25.7 Å². The van der Waals surface area contributed by atoms with Gasteiger partial charge in [0.2, 0.25) is 0 Å². The molecule has 0 amide bonds. The molecule has 4 N–H and O–H groups in total. The largest absolute Gasteiger partial charge is 0.480 e. The molecule has 62 heavy (non-hydrogen) atoms. The number of phosphoric acid groups is 1. The molecule has 3 atom stereocenters. The Balaban J connectivity index is 4.33. The van der Waals surface area contributed by atoms with Gasteiger partial charge in [0.15, 0.2) is 6.10 Å². The third-order valence-electron chi connectivity index (χ3n) is 10.5. The van der Waals surface area contributed by atoms with E-state index in [1.54, 1.807) is 0 Å². The predicted molar refractivity (Wildman–Crippen MR) is 254 cm³/mol. The number of carbonyl (C=O) groups is 3. The summed E-state index contributed by atoms with van der Waals surface area (Å²) in [6.45, 7) is 2.76. The molecule has 0 radical (unpaired) electrons. The summed E-state index contributed by atoms with van der Waals surface area (Å²) in [5.74, 6) is -2.44. The van der Waals surface area contributed by atoms with Gasteiger partial charge in [-0.1, -0.05) is 184 Å². The predicted octanol–water partition coefficient (Wildman–Crippen LogP) is 13.7. The van der Waals surface area contributed by atoms with E-state index in [9.17, 15) is 23.8 Å². The summed E-state index contributed by atoms with van der Waals surface area (Å²) in [6.07, 6.45) is 51.8. The normalized spacial score (nSPS) is 14.0. The number of carbonyl (C=O) groups excluding carboxylic acids is 2. The summed E-state index contributed by atoms with van der Waals surface area (Å²) in [7, 11) is -4.73. The van der Waals surface area contributed by atoms with Gasteiger partial charge in [0.25, 0.3) is 0 Å². The number of hydrogen-bond donors (Lipinski definition) is 3. The van der Waals surface area contributed by atoms with Gasteiger partial charge in [0.05, 0.1) is 13.2 Å². The van der Waals surface area contributed by atoms with Crippen LogP contribution in [0.4, 0.5) is 0 Å². The van der Waals surface area contributed by atoms with Crippen LogP contribution in [0.15, 0.2) is 48.6 Å². The fourth-order valence-corrected chi connectivity index (χ4v) is 7.44. The molecule has 0 heterocycles. The summed E-state index contributed by atoms with van der Waals surface area (Å²) in [6, 6.07) is -1.53. The Labute approximate surface area is 377 Å². The number of esters is 2. The van der Waals surface area contributed by atoms with E-state index in [4.69, 9.17) is 24.8 Å². The van der Waals surface area contributed by atoms with Crippen molar-refractivity contribution in [1.29, 1.82) is 0 Å². The maximum atomic E-state index is 12.7. The molecule has 0 saturated heterocycles. The topological polar surface area (TPSA) is 172 Å². The lowest BCUT2D eigenvalue weighted by atomic mass is 10.0. The highest BCUT2D eigenvalue weighted by molar-refractivity contribution is 7.47. The molecule has 0 aromatic rings. The fraction of sp³-hybridized carbons (Fsp3) is 0.780. The van der Waals surface area contributed by atoms with Crippen molar-refractivity contribution < 1.29 is 47.5 Å². The maximum Gasteiger partial charge on any atom is 0.472 e. The monoisotopic (exact) mass is 896 g/mol. The minimum atomic E-state index is -4.73. The number of unbranched alkanes of at least 4 members (excludes halogenated alkanes) is 24. The van der Waals surface area contributed by atoms with Crippen LogP contribution in [0.1, 0.15) is 219 Å². The number of hydrogen-bond acceptors (Lipinski definition) is 9. The summed E-state index contributed by atoms with van der Waals surface area (Å²) in [5.41, 5.74) is 5.34. The molecule has 0 aromatic heterocycles. The van der Waals surface area contributed by atoms with Gasteiger partial charge in [-0.2, -0.15) is 0 Å². The lowest BCUT2D eigenvalue weighted by Gasteiger charge is -2.20. The molecule has 0 fully saturated rings. The number of rotatable bonds is 46. The van der Waals surface area contributed by atoms with E-state index in [1.165, 1.54) is 135 Å². The first-order valence-corrected chi connectivity index (χ1v) is 26.2. The number of phosphoric ester groups is 1. The molecule has 360 valence electrons. The molecule has 0 saturated carbocycles. The fourth-order valence-electron chi connectivity index (χ4n) is 6.66. The summed E-state index contributed by atoms with van der Waals surface area (Å²) in [4.78, 5) is 46.1. The molecular weight excluding hydrogens is 806 g/mol. The van der Waals surface area contributed by atoms with Gasteiger partial charge in [0, 0.05) is 12.8 Å². The van der Waals surface area contributed by atoms with Gasteiger partial charge in [-0.15, -0.1) is 0 Å². The molecule has 0 aliphatic rings. The Morgan fingerprint density at radius 2 is 0.871 bits per heavy atom. The van der Waals surface area contributed by atoms with Gasteiger partial charge < -0.3 is 25.2 Å². The molecule has 12 heteroatoms. The van der Waals surface area contributed by atoms with Gasteiger partial charge in [-0.25, -0.2) is 4.57 Å². The second-order valence-corrected chi connectivity index (χ2v) is 18.0. The maximum absolute atomic E-state index is 12.7. The Morgan fingerprint density at radius 1 is 0.500 bits per heavy atom. The van der Waals surface area contributed by atoms with E-state index in [0.717, 1.165) is 38.5 Å². The second kappa shape index (κ2) is 45.0. The zero-order chi connectivity index (χ0) is 45.6. The number of carboxylic acid groups (broad SMARTS) is 1. The van der Waals surface area contributed by atoms with Gasteiger partial charge >= 0.3 is 25.7 Å². The van der Waals surface area contributed by atoms with Crippen LogP contribution in [0, 0.1) is 0 Å². The van der Waals surface area contributed by atoms with Gasteiger partial charge in [-0.05, 0) is 70.6 Å². The van der Waals surface area contributed by atoms with Crippen molar-refractivity contribution in [3.8, 4) is 0 Å². The third kappa shape index (κ3) is 44.1. The smallest absolute Gasteiger partial charge is 0.472 e. The van der Waals surface area contributed by atoms with Gasteiger partial charge in [0.1, 0.15) is 12.6 Å². The average molecular weight is 896 g/mol. The number of allylic oxidation sites excluding steroid dienone is 8. The number of aliphatic carboxylic acids is 1. The highest BCUT2D eigenvalue weighted by Gasteiger charge is 2.28. The SMILES string of the molecule is CCCCCCCC/C=C/C/C=C/C/C=C/CCCC(=O)OC[C@H](COP(=O)(O)OC[C@H](N)C(=O)O)OC(=O)CCCCCCCCCCCCC/C=C/CCCCCCCC. The van der Waals surface area contributed by atoms with E-state index >= 15 is 0 Å². The molecule has 0 aliphatic heterocycles. The van der Waals surface area contributed by atoms with Crippen LogP contribution in [0.5, 0.6) is 0 Å². The number of carboxylic acids is 1. The molecule has 0 aromatic carbocycles. The van der Waals surface area contributed by atoms with Crippen molar-refractivity contribution in [2.75, 3.05) is 19.8 Å². The Kier molecular flexibility index (Phi) is 43.2. The second-order valence-electron chi connectivity index (χ2n) is 16.6. The van der Waals surface area contributed by atoms with Crippen LogP contribution in [0.3, 0.4) is 0 Å². The van der Waals surface area contributed by atoms with Crippen LogP contribution in [0.25, 0.3) is 0 Å². The van der Waals surface area contributed by atoms with E-state index in [2.05, 4.69) is 60.9 Å². The van der Waals surface area contributed by atoms with Crippen molar-refractivity contribution in [3.63, 3.8) is 0 Å². The number of nitrogens with two attached hydrogens (primary N) is 1. The highest BCUT2D eigenvalue weighted by Crippen LogP contribution is 2.43. The minimum absolute atomic E-state index is 0.150. The van der Waals surface area contributed by atoms with E-state index < -0.39 is 51.1 Å². The molecule has 0 bridgehead atoms. The summed E-state index contributed by atoms with van der Waals surface area (Å²) in [5, 5.41) is 8.91. The average Bonchev–Trinajstić information content (AvgIpc) is 3.25. The summed E-state index contributed by atoms with van der Waals surface area (Å²) >= 11 is 0. The van der Waals surface area contributed by atoms with Gasteiger partial charge in [-0.3, -0.25) is 23.4 Å². The molecule has 0 spiro atoms. The zero-order valence-corrected chi connectivity index (χ0v) is 40.1. The van der Waals surface area contributed by atoms with Crippen LogP contribution >= 0.6 is 7.82 Å². The van der Waals surface area contributed by atoms with Crippen molar-refractivity contribution in [3.05, 3.63) is 48.6 Å². The molecular formula is C50H90NO10P. The van der Waals surface area contributed by atoms with E-state index in [-0.39, 0.29) is 19.4 Å². The first-order valence-electron chi connectivity index (χ1n) is 24.7. The van der Waals surface area contributed by atoms with Crippen LogP contribution in [-0.4, -0.2) is 59.9 Å².